The molecule has 3 aliphatic heterocycles. The number of hydrazone groups is 1. The summed E-state index contributed by atoms with van der Waals surface area (Å²) >= 11 is 0. The minimum atomic E-state index is -0.790. The van der Waals surface area contributed by atoms with Gasteiger partial charge < -0.3 is 14.7 Å². The Labute approximate surface area is 169 Å². The highest BCUT2D eigenvalue weighted by atomic mass is 16.5. The largest absolute Gasteiger partial charge is 0.490 e. The average Bonchev–Trinajstić information content (AvgIpc) is 3.22. The molecular weight excluding hydrogens is 370 g/mol. The summed E-state index contributed by atoms with van der Waals surface area (Å²) in [5, 5.41) is 21.3. The molecule has 152 valence electrons. The summed E-state index contributed by atoms with van der Waals surface area (Å²) in [5.74, 6) is 2.35. The smallest absolute Gasteiger partial charge is 0.252 e. The molecule has 0 amide bonds. The van der Waals surface area contributed by atoms with E-state index in [-0.39, 0.29) is 6.10 Å². The van der Waals surface area contributed by atoms with Gasteiger partial charge in [-0.2, -0.15) is 10.1 Å². The maximum absolute atomic E-state index is 10.1. The fraction of sp³-hybridized carbons (Fsp3) is 0.450. The summed E-state index contributed by atoms with van der Waals surface area (Å²) < 4.78 is 8.11. The second kappa shape index (κ2) is 6.77. The maximum atomic E-state index is 10.1. The number of likely N-dealkylation sites (tertiary alicyclic amines) is 1. The first kappa shape index (κ1) is 18.0. The van der Waals surface area contributed by atoms with Crippen molar-refractivity contribution in [2.24, 2.45) is 17.1 Å². The van der Waals surface area contributed by atoms with E-state index in [0.717, 1.165) is 54.0 Å². The Bertz CT molecular complexity index is 1030. The number of aliphatic hydroxyl groups excluding tert-OH is 1. The normalized spacial score (nSPS) is 22.6. The van der Waals surface area contributed by atoms with Crippen molar-refractivity contribution in [2.45, 2.75) is 32.2 Å². The van der Waals surface area contributed by atoms with E-state index in [1.165, 1.54) is 5.01 Å². The van der Waals surface area contributed by atoms with Crippen LogP contribution in [0.4, 0.5) is 0 Å². The maximum Gasteiger partial charge on any atom is 0.252 e. The number of piperidine rings is 1. The number of hydrogen-bond donors (Lipinski definition) is 1. The molecule has 1 N–H and O–H groups in total. The number of nitrogens with zero attached hydrogens (tertiary/aromatic N) is 7. The zero-order chi connectivity index (χ0) is 20.1. The number of fused-ring (bicyclic) bond motifs is 2. The number of aromatic nitrogens is 2. The number of ether oxygens (including phenoxy) is 1. The van der Waals surface area contributed by atoms with Gasteiger partial charge in [0.1, 0.15) is 17.7 Å². The molecule has 0 aliphatic carbocycles. The highest BCUT2D eigenvalue weighted by molar-refractivity contribution is 6.08. The SMILES string of the molecule is CC1=CN2C(=NN(C)C2O)N=C1N1CCC(Oc2ccc3c(cnn3C)c2)CC1. The molecule has 0 radical (unpaired) electrons. The van der Waals surface area contributed by atoms with Crippen LogP contribution in [0.2, 0.25) is 0 Å². The van der Waals surface area contributed by atoms with Gasteiger partial charge in [0, 0.05) is 57.2 Å². The van der Waals surface area contributed by atoms with E-state index in [1.807, 2.05) is 37.1 Å². The summed E-state index contributed by atoms with van der Waals surface area (Å²) in [6, 6.07) is 6.13. The van der Waals surface area contributed by atoms with Crippen molar-refractivity contribution in [3.8, 4) is 5.75 Å². The first-order valence-corrected chi connectivity index (χ1v) is 9.88. The van der Waals surface area contributed by atoms with Crippen LogP contribution in [0.5, 0.6) is 5.75 Å². The van der Waals surface area contributed by atoms with Crippen molar-refractivity contribution in [3.05, 3.63) is 36.2 Å². The van der Waals surface area contributed by atoms with Crippen LogP contribution in [0.15, 0.2) is 46.3 Å². The number of aliphatic imine (C=N–C) groups is 1. The Morgan fingerprint density at radius 2 is 1.97 bits per heavy atom. The third-order valence-corrected chi connectivity index (χ3v) is 5.71. The molecule has 9 nitrogen and oxygen atoms in total. The average molecular weight is 395 g/mol. The molecule has 1 aromatic carbocycles. The molecule has 0 saturated carbocycles. The number of rotatable bonds is 2. The second-order valence-corrected chi connectivity index (χ2v) is 7.77. The van der Waals surface area contributed by atoms with E-state index < -0.39 is 6.35 Å². The Balaban J connectivity index is 1.24. The Morgan fingerprint density at radius 1 is 1.17 bits per heavy atom. The summed E-state index contributed by atoms with van der Waals surface area (Å²) in [6.07, 6.45) is 5.03. The lowest BCUT2D eigenvalue weighted by Gasteiger charge is -2.36. The van der Waals surface area contributed by atoms with Gasteiger partial charge in [-0.15, -0.1) is 5.10 Å². The highest BCUT2D eigenvalue weighted by Crippen LogP contribution is 2.26. The Kier molecular flexibility index (Phi) is 4.20. The minimum absolute atomic E-state index is 0.183. The Morgan fingerprint density at radius 3 is 2.76 bits per heavy atom. The fourth-order valence-corrected chi connectivity index (χ4v) is 4.09. The summed E-state index contributed by atoms with van der Waals surface area (Å²) in [4.78, 5) is 8.66. The van der Waals surface area contributed by atoms with Crippen molar-refractivity contribution in [3.63, 3.8) is 0 Å². The van der Waals surface area contributed by atoms with Gasteiger partial charge in [-0.1, -0.05) is 0 Å². The number of amidine groups is 1. The molecule has 2 aromatic rings. The predicted molar refractivity (Wildman–Crippen MR) is 110 cm³/mol. The summed E-state index contributed by atoms with van der Waals surface area (Å²) in [5.41, 5.74) is 2.13. The standard InChI is InChI=1S/C20H25N7O2/c1-13-12-27-19(23-25(3)20(27)28)22-18(13)26-8-6-15(7-9-26)29-16-4-5-17-14(10-16)11-21-24(17)2/h4-5,10-12,15,20,28H,6-9H2,1-3H3. The highest BCUT2D eigenvalue weighted by Gasteiger charge is 2.34. The van der Waals surface area contributed by atoms with Crippen LogP contribution >= 0.6 is 0 Å². The van der Waals surface area contributed by atoms with Crippen LogP contribution in [-0.4, -0.2) is 74.1 Å². The van der Waals surface area contributed by atoms with E-state index in [4.69, 9.17) is 9.73 Å². The molecule has 1 aromatic heterocycles. The van der Waals surface area contributed by atoms with Crippen LogP contribution in [0.3, 0.4) is 0 Å². The molecule has 3 aliphatic rings. The minimum Gasteiger partial charge on any atom is -0.490 e. The number of benzene rings is 1. The third kappa shape index (κ3) is 3.11. The topological polar surface area (TPSA) is 81.7 Å². The lowest BCUT2D eigenvalue weighted by atomic mass is 10.1. The van der Waals surface area contributed by atoms with Crippen molar-refractivity contribution in [1.82, 2.24) is 24.6 Å². The van der Waals surface area contributed by atoms with Gasteiger partial charge >= 0.3 is 0 Å². The molecule has 1 atom stereocenters. The molecule has 4 heterocycles. The fourth-order valence-electron chi connectivity index (χ4n) is 4.09. The molecule has 0 bridgehead atoms. The molecular formula is C20H25N7O2. The van der Waals surface area contributed by atoms with Gasteiger partial charge in [-0.25, -0.2) is 5.01 Å². The zero-order valence-corrected chi connectivity index (χ0v) is 16.9. The van der Waals surface area contributed by atoms with Crippen LogP contribution in [0.25, 0.3) is 10.9 Å². The molecule has 9 heteroatoms. The number of guanidine groups is 1. The third-order valence-electron chi connectivity index (χ3n) is 5.71. The van der Waals surface area contributed by atoms with Crippen LogP contribution < -0.4 is 4.74 Å². The number of aryl methyl sites for hydroxylation is 1. The van der Waals surface area contributed by atoms with Gasteiger partial charge in [0.25, 0.3) is 5.96 Å². The van der Waals surface area contributed by atoms with Crippen molar-refractivity contribution < 1.29 is 9.84 Å². The number of aliphatic hydroxyl groups is 1. The van der Waals surface area contributed by atoms with Gasteiger partial charge in [-0.05, 0) is 25.1 Å². The van der Waals surface area contributed by atoms with E-state index in [9.17, 15) is 5.11 Å². The van der Waals surface area contributed by atoms with Crippen LogP contribution in [-0.2, 0) is 7.05 Å². The van der Waals surface area contributed by atoms with Crippen LogP contribution in [0, 0.1) is 0 Å². The van der Waals surface area contributed by atoms with Crippen molar-refractivity contribution in [1.29, 1.82) is 0 Å². The van der Waals surface area contributed by atoms with Gasteiger partial charge in [0.2, 0.25) is 6.35 Å². The predicted octanol–water partition coefficient (Wildman–Crippen LogP) is 1.53. The van der Waals surface area contributed by atoms with Crippen molar-refractivity contribution in [2.75, 3.05) is 20.1 Å². The first-order chi connectivity index (χ1) is 14.0. The number of hydrogen-bond acceptors (Lipinski definition) is 8. The van der Waals surface area contributed by atoms with Gasteiger partial charge in [0.05, 0.1) is 11.7 Å². The Hall–Kier alpha value is -3.07. The van der Waals surface area contributed by atoms with Crippen molar-refractivity contribution >= 4 is 22.7 Å². The van der Waals surface area contributed by atoms with Gasteiger partial charge in [0.15, 0.2) is 0 Å². The van der Waals surface area contributed by atoms with E-state index >= 15 is 0 Å². The monoisotopic (exact) mass is 395 g/mol. The van der Waals surface area contributed by atoms with E-state index in [0.29, 0.717) is 5.96 Å². The second-order valence-electron chi connectivity index (χ2n) is 7.77. The van der Waals surface area contributed by atoms with Crippen LogP contribution in [0.1, 0.15) is 19.8 Å². The zero-order valence-electron chi connectivity index (χ0n) is 16.9. The quantitative estimate of drug-likeness (QED) is 0.831. The first-order valence-electron chi connectivity index (χ1n) is 9.88. The molecule has 1 saturated heterocycles. The lowest BCUT2D eigenvalue weighted by Crippen LogP contribution is -2.45. The summed E-state index contributed by atoms with van der Waals surface area (Å²) in [6.45, 7) is 3.76. The van der Waals surface area contributed by atoms with E-state index in [2.05, 4.69) is 27.2 Å². The molecule has 29 heavy (non-hydrogen) atoms. The molecule has 5 rings (SSSR count). The van der Waals surface area contributed by atoms with E-state index in [1.54, 1.807) is 11.9 Å². The van der Waals surface area contributed by atoms with Gasteiger partial charge in [-0.3, -0.25) is 9.58 Å². The molecule has 1 fully saturated rings. The molecule has 0 spiro atoms. The molecule has 1 unspecified atom stereocenters. The summed E-state index contributed by atoms with van der Waals surface area (Å²) in [7, 11) is 3.68. The lowest BCUT2D eigenvalue weighted by molar-refractivity contribution is -0.0270.